The number of nitrogens with two attached hydrogens (primary N) is 2. The molecule has 0 aliphatic carbocycles. The monoisotopic (exact) mass is 266 g/mol. The molecule has 20 heavy (non-hydrogen) atoms. The summed E-state index contributed by atoms with van der Waals surface area (Å²) in [5, 5.41) is 0. The van der Waals surface area contributed by atoms with Gasteiger partial charge in [-0.15, -0.1) is 0 Å². The maximum atomic E-state index is 11.6. The second-order valence-corrected chi connectivity index (χ2v) is 4.57. The van der Waals surface area contributed by atoms with Gasteiger partial charge in [0.25, 0.3) is 0 Å². The molecule has 0 atom stereocenters. The minimum Gasteiger partial charge on any atom is -0.399 e. The van der Waals surface area contributed by atoms with E-state index in [0.29, 0.717) is 11.4 Å². The first-order valence-electron chi connectivity index (χ1n) is 6.17. The molecule has 3 aromatic rings. The summed E-state index contributed by atoms with van der Waals surface area (Å²) in [6.45, 7) is 0. The normalized spacial score (nSPS) is 10.6. The molecule has 1 aromatic heterocycles. The Hall–Kier alpha value is -2.95. The van der Waals surface area contributed by atoms with Gasteiger partial charge < -0.3 is 21.4 Å². The smallest absolute Gasteiger partial charge is 0.323 e. The van der Waals surface area contributed by atoms with Gasteiger partial charge in [0.15, 0.2) is 0 Å². The third kappa shape index (κ3) is 2.16. The second-order valence-electron chi connectivity index (χ2n) is 4.57. The molecule has 5 heteroatoms. The maximum absolute atomic E-state index is 11.6. The Kier molecular flexibility index (Phi) is 2.80. The third-order valence-electron chi connectivity index (χ3n) is 3.13. The van der Waals surface area contributed by atoms with Crippen LogP contribution >= 0.6 is 0 Å². The average Bonchev–Trinajstić information content (AvgIpc) is 2.82. The van der Waals surface area contributed by atoms with Gasteiger partial charge in [-0.05, 0) is 24.3 Å². The average molecular weight is 266 g/mol. The van der Waals surface area contributed by atoms with E-state index in [9.17, 15) is 4.79 Å². The highest BCUT2D eigenvalue weighted by molar-refractivity contribution is 5.79. The van der Waals surface area contributed by atoms with Crippen LogP contribution in [-0.2, 0) is 0 Å². The van der Waals surface area contributed by atoms with Crippen molar-refractivity contribution in [2.45, 2.75) is 0 Å². The molecule has 0 saturated carbocycles. The van der Waals surface area contributed by atoms with Crippen LogP contribution in [-0.4, -0.2) is 9.97 Å². The molecule has 0 amide bonds. The summed E-state index contributed by atoms with van der Waals surface area (Å²) < 4.78 is 0. The minimum absolute atomic E-state index is 0.247. The first kappa shape index (κ1) is 12.1. The Morgan fingerprint density at radius 2 is 1.00 bits per heavy atom. The fourth-order valence-corrected chi connectivity index (χ4v) is 2.12. The Morgan fingerprint density at radius 3 is 1.35 bits per heavy atom. The van der Waals surface area contributed by atoms with Gasteiger partial charge in [0.2, 0.25) is 0 Å². The van der Waals surface area contributed by atoms with E-state index in [1.807, 2.05) is 24.3 Å². The zero-order valence-electron chi connectivity index (χ0n) is 10.7. The largest absolute Gasteiger partial charge is 0.399 e. The van der Waals surface area contributed by atoms with Gasteiger partial charge >= 0.3 is 5.69 Å². The number of aromatic amines is 2. The molecule has 0 fully saturated rings. The summed E-state index contributed by atoms with van der Waals surface area (Å²) in [5.74, 6) is 0. The highest BCUT2D eigenvalue weighted by Gasteiger charge is 2.11. The summed E-state index contributed by atoms with van der Waals surface area (Å²) in [5.41, 5.74) is 15.7. The summed E-state index contributed by atoms with van der Waals surface area (Å²) in [6, 6.07) is 14.7. The van der Waals surface area contributed by atoms with E-state index in [4.69, 9.17) is 11.5 Å². The Labute approximate surface area is 115 Å². The molecule has 0 radical (unpaired) electrons. The summed E-state index contributed by atoms with van der Waals surface area (Å²) >= 11 is 0. The van der Waals surface area contributed by atoms with Gasteiger partial charge in [-0.3, -0.25) is 0 Å². The summed E-state index contributed by atoms with van der Waals surface area (Å²) in [7, 11) is 0. The SMILES string of the molecule is Nc1ccc(-c2[nH]c(=O)[nH]c2-c2ccc(N)cc2)cc1. The highest BCUT2D eigenvalue weighted by atomic mass is 16.1. The van der Waals surface area contributed by atoms with Crippen LogP contribution in [0, 0.1) is 0 Å². The van der Waals surface area contributed by atoms with Crippen LogP contribution in [0.2, 0.25) is 0 Å². The van der Waals surface area contributed by atoms with Crippen LogP contribution in [0.25, 0.3) is 22.5 Å². The van der Waals surface area contributed by atoms with Crippen molar-refractivity contribution in [2.24, 2.45) is 0 Å². The van der Waals surface area contributed by atoms with E-state index in [2.05, 4.69) is 9.97 Å². The predicted molar refractivity (Wildman–Crippen MR) is 81.1 cm³/mol. The molecule has 0 aliphatic rings. The summed E-state index contributed by atoms with van der Waals surface area (Å²) in [4.78, 5) is 17.3. The first-order chi connectivity index (χ1) is 9.63. The van der Waals surface area contributed by atoms with E-state index in [0.717, 1.165) is 22.5 Å². The van der Waals surface area contributed by atoms with Gasteiger partial charge in [-0.2, -0.15) is 0 Å². The van der Waals surface area contributed by atoms with Crippen LogP contribution in [0.3, 0.4) is 0 Å². The van der Waals surface area contributed by atoms with Gasteiger partial charge in [0.05, 0.1) is 11.4 Å². The fraction of sp³-hybridized carbons (Fsp3) is 0. The molecule has 0 unspecified atom stereocenters. The number of hydrogen-bond donors (Lipinski definition) is 4. The third-order valence-corrected chi connectivity index (χ3v) is 3.13. The van der Waals surface area contributed by atoms with Crippen molar-refractivity contribution in [3.8, 4) is 22.5 Å². The molecular formula is C15H14N4O. The van der Waals surface area contributed by atoms with Crippen molar-refractivity contribution in [3.63, 3.8) is 0 Å². The van der Waals surface area contributed by atoms with Crippen LogP contribution in [0.15, 0.2) is 53.3 Å². The highest BCUT2D eigenvalue weighted by Crippen LogP contribution is 2.28. The molecule has 2 aromatic carbocycles. The Morgan fingerprint density at radius 1 is 0.650 bits per heavy atom. The van der Waals surface area contributed by atoms with Gasteiger partial charge in [-0.25, -0.2) is 4.79 Å². The van der Waals surface area contributed by atoms with E-state index in [-0.39, 0.29) is 5.69 Å². The van der Waals surface area contributed by atoms with Crippen LogP contribution < -0.4 is 17.2 Å². The second kappa shape index (κ2) is 4.62. The van der Waals surface area contributed by atoms with Crippen molar-refractivity contribution >= 4 is 11.4 Å². The summed E-state index contributed by atoms with van der Waals surface area (Å²) in [6.07, 6.45) is 0. The Balaban J connectivity index is 2.15. The molecule has 6 N–H and O–H groups in total. The molecule has 1 heterocycles. The number of imidazole rings is 1. The lowest BCUT2D eigenvalue weighted by atomic mass is 10.0. The first-order valence-corrected chi connectivity index (χ1v) is 6.17. The number of anilines is 2. The number of rotatable bonds is 2. The molecule has 5 nitrogen and oxygen atoms in total. The lowest BCUT2D eigenvalue weighted by molar-refractivity contribution is 1.19. The van der Waals surface area contributed by atoms with Gasteiger partial charge in [0, 0.05) is 22.5 Å². The van der Waals surface area contributed by atoms with Gasteiger partial charge in [-0.1, -0.05) is 24.3 Å². The molecule has 100 valence electrons. The van der Waals surface area contributed by atoms with Crippen LogP contribution in [0.5, 0.6) is 0 Å². The van der Waals surface area contributed by atoms with Crippen LogP contribution in [0.1, 0.15) is 0 Å². The predicted octanol–water partition coefficient (Wildman–Crippen LogP) is 2.20. The topological polar surface area (TPSA) is 101 Å². The molecule has 0 bridgehead atoms. The maximum Gasteiger partial charge on any atom is 0.323 e. The molecule has 3 rings (SSSR count). The molecule has 0 spiro atoms. The number of benzene rings is 2. The van der Waals surface area contributed by atoms with Crippen molar-refractivity contribution < 1.29 is 0 Å². The fourth-order valence-electron chi connectivity index (χ4n) is 2.12. The lowest BCUT2D eigenvalue weighted by Gasteiger charge is -2.04. The van der Waals surface area contributed by atoms with E-state index < -0.39 is 0 Å². The number of H-pyrrole nitrogens is 2. The van der Waals surface area contributed by atoms with E-state index in [1.54, 1.807) is 24.3 Å². The molecular weight excluding hydrogens is 252 g/mol. The number of aromatic nitrogens is 2. The van der Waals surface area contributed by atoms with E-state index in [1.165, 1.54) is 0 Å². The molecule has 0 aliphatic heterocycles. The van der Waals surface area contributed by atoms with Crippen molar-refractivity contribution in [1.29, 1.82) is 0 Å². The van der Waals surface area contributed by atoms with Crippen molar-refractivity contribution in [2.75, 3.05) is 11.5 Å². The van der Waals surface area contributed by atoms with Crippen LogP contribution in [0.4, 0.5) is 11.4 Å². The minimum atomic E-state index is -0.247. The quantitative estimate of drug-likeness (QED) is 0.535. The molecule has 0 saturated heterocycles. The van der Waals surface area contributed by atoms with Crippen molar-refractivity contribution in [1.82, 2.24) is 9.97 Å². The van der Waals surface area contributed by atoms with Gasteiger partial charge in [0.1, 0.15) is 0 Å². The zero-order valence-corrected chi connectivity index (χ0v) is 10.7. The number of nitrogen functional groups attached to an aromatic ring is 2. The Bertz CT molecular complexity index is 716. The standard InChI is InChI=1S/C15H14N4O/c16-11-5-1-9(2-6-11)13-14(19-15(20)18-13)10-3-7-12(17)8-4-10/h1-8H,16-17H2,(H2,18,19,20). The zero-order chi connectivity index (χ0) is 14.1. The number of hydrogen-bond acceptors (Lipinski definition) is 3. The van der Waals surface area contributed by atoms with E-state index >= 15 is 0 Å². The number of nitrogens with one attached hydrogen (secondary N) is 2. The van der Waals surface area contributed by atoms with Crippen molar-refractivity contribution in [3.05, 3.63) is 59.0 Å². The lowest BCUT2D eigenvalue weighted by Crippen LogP contribution is -2.00.